The van der Waals surface area contributed by atoms with E-state index in [1.165, 1.54) is 12.1 Å². The third-order valence-electron chi connectivity index (χ3n) is 7.39. The van der Waals surface area contributed by atoms with Gasteiger partial charge in [-0.3, -0.25) is 4.57 Å². The van der Waals surface area contributed by atoms with Crippen molar-refractivity contribution in [2.75, 3.05) is 69.7 Å². The Morgan fingerprint density at radius 3 is 2.43 bits per heavy atom. The Labute approximate surface area is 246 Å². The molecule has 0 aliphatic carbocycles. The molecule has 2 amide bonds. The van der Waals surface area contributed by atoms with E-state index in [1.807, 2.05) is 25.1 Å². The molecular weight excluding hydrogens is 560 g/mol. The summed E-state index contributed by atoms with van der Waals surface area (Å²) in [5.74, 6) is 1.06. The summed E-state index contributed by atoms with van der Waals surface area (Å²) in [5.41, 5.74) is 1.58. The molecule has 3 aromatic rings. The van der Waals surface area contributed by atoms with Crippen molar-refractivity contribution >= 4 is 27.4 Å². The summed E-state index contributed by atoms with van der Waals surface area (Å²) in [6.45, 7) is 10.0. The van der Waals surface area contributed by atoms with Crippen LogP contribution in [0.3, 0.4) is 0 Å². The van der Waals surface area contributed by atoms with E-state index in [1.54, 1.807) is 28.5 Å². The van der Waals surface area contributed by atoms with Gasteiger partial charge in [0, 0.05) is 63.3 Å². The number of carbonyl (C=O) groups excluding carboxylic acids is 1. The molecule has 2 aliphatic heterocycles. The van der Waals surface area contributed by atoms with Gasteiger partial charge >= 0.3 is 12.0 Å². The van der Waals surface area contributed by atoms with Gasteiger partial charge in [0.05, 0.1) is 24.2 Å². The molecule has 0 bridgehead atoms. The highest BCUT2D eigenvalue weighted by Gasteiger charge is 2.25. The molecule has 2 fully saturated rings. The van der Waals surface area contributed by atoms with Crippen LogP contribution in [0.5, 0.6) is 11.8 Å². The number of sulfonamides is 1. The largest absolute Gasteiger partial charge is 0.424 e. The molecule has 2 N–H and O–H groups in total. The fourth-order valence-electron chi connectivity index (χ4n) is 4.95. The van der Waals surface area contributed by atoms with E-state index in [-0.39, 0.29) is 16.9 Å². The molecule has 0 unspecified atom stereocenters. The second-order valence-electron chi connectivity index (χ2n) is 10.4. The lowest BCUT2D eigenvalue weighted by Crippen LogP contribution is -2.44. The van der Waals surface area contributed by atoms with Gasteiger partial charge in [-0.05, 0) is 57.3 Å². The number of nitrogens with one attached hydrogen (secondary N) is 2. The Hall–Kier alpha value is -3.72. The summed E-state index contributed by atoms with van der Waals surface area (Å²) in [5, 5.41) is 11.3. The molecule has 5 rings (SSSR count). The molecule has 13 nitrogen and oxygen atoms in total. The number of likely N-dealkylation sites (N-methyl/N-ethyl adjacent to an activating group) is 1. The molecule has 0 saturated carbocycles. The maximum atomic E-state index is 13.2. The average Bonchev–Trinajstić information content (AvgIpc) is 3.41. The van der Waals surface area contributed by atoms with Crippen molar-refractivity contribution in [2.45, 2.75) is 31.3 Å². The minimum atomic E-state index is -3.89. The van der Waals surface area contributed by atoms with Crippen LogP contribution in [0.25, 0.3) is 0 Å². The van der Waals surface area contributed by atoms with Gasteiger partial charge in [0.15, 0.2) is 5.82 Å². The first kappa shape index (κ1) is 29.8. The topological polar surface area (TPSA) is 134 Å². The van der Waals surface area contributed by atoms with Gasteiger partial charge in [0.25, 0.3) is 0 Å². The number of hydrogen-bond donors (Lipinski definition) is 2. The lowest BCUT2D eigenvalue weighted by Gasteiger charge is -2.34. The van der Waals surface area contributed by atoms with Gasteiger partial charge in [-0.25, -0.2) is 17.9 Å². The van der Waals surface area contributed by atoms with Gasteiger partial charge in [-0.2, -0.15) is 0 Å². The number of carbonyl (C=O) groups is 1. The highest BCUT2D eigenvalue weighted by molar-refractivity contribution is 7.89. The zero-order chi connectivity index (χ0) is 29.7. The minimum absolute atomic E-state index is 0.0680. The van der Waals surface area contributed by atoms with Gasteiger partial charge in [0.2, 0.25) is 10.0 Å². The van der Waals surface area contributed by atoms with Crippen LogP contribution >= 0.6 is 0 Å². The predicted molar refractivity (Wildman–Crippen MR) is 159 cm³/mol. The number of ether oxygens (including phenoxy) is 2. The van der Waals surface area contributed by atoms with E-state index in [2.05, 4.69) is 43.2 Å². The van der Waals surface area contributed by atoms with E-state index >= 15 is 0 Å². The van der Waals surface area contributed by atoms with Crippen molar-refractivity contribution in [3.8, 4) is 11.8 Å². The van der Waals surface area contributed by atoms with Crippen LogP contribution < -0.4 is 19.7 Å². The van der Waals surface area contributed by atoms with Crippen LogP contribution in [0.15, 0.2) is 53.4 Å². The summed E-state index contributed by atoms with van der Waals surface area (Å²) in [7, 11) is -1.77. The second kappa shape index (κ2) is 13.1. The van der Waals surface area contributed by atoms with E-state index in [0.717, 1.165) is 31.9 Å². The van der Waals surface area contributed by atoms with E-state index < -0.39 is 16.1 Å². The first-order valence-electron chi connectivity index (χ1n) is 14.1. The Morgan fingerprint density at radius 1 is 1.02 bits per heavy atom. The molecule has 42 heavy (non-hydrogen) atoms. The lowest BCUT2D eigenvalue weighted by atomic mass is 10.2. The number of hydrogen-bond acceptors (Lipinski definition) is 9. The van der Waals surface area contributed by atoms with Crippen LogP contribution in [-0.4, -0.2) is 98.5 Å². The molecule has 2 aliphatic rings. The van der Waals surface area contributed by atoms with Crippen molar-refractivity contribution in [1.82, 2.24) is 29.3 Å². The van der Waals surface area contributed by atoms with Gasteiger partial charge in [0.1, 0.15) is 5.75 Å². The molecule has 0 radical (unpaired) electrons. The maximum Gasteiger partial charge on any atom is 0.322 e. The minimum Gasteiger partial charge on any atom is -0.424 e. The number of benzene rings is 2. The fourth-order valence-corrected chi connectivity index (χ4v) is 6.15. The predicted octanol–water partition coefficient (Wildman–Crippen LogP) is 2.75. The third-order valence-corrected chi connectivity index (χ3v) is 8.95. The van der Waals surface area contributed by atoms with Gasteiger partial charge in [-0.1, -0.05) is 11.2 Å². The Balaban J connectivity index is 1.23. The van der Waals surface area contributed by atoms with Crippen LogP contribution in [-0.2, 0) is 21.3 Å². The standard InChI is InChI=1S/C28H38N8O5S/c1-4-36-26(30-31-28(36)41-24-7-5-6-23(20-24)34-14-12-33(3)13-15-34)21(2)32-42(38,39)25-10-8-22(9-11-25)29-27(37)35-16-18-40-19-17-35/h5-11,20-21,32H,4,12-19H2,1-3H3,(H,29,37)/t21-/m1/s1. The number of piperazine rings is 1. The van der Waals surface area contributed by atoms with Crippen molar-refractivity contribution in [3.63, 3.8) is 0 Å². The summed E-state index contributed by atoms with van der Waals surface area (Å²) in [6, 6.07) is 13.3. The normalized spacial score (nSPS) is 17.2. The van der Waals surface area contributed by atoms with Crippen LogP contribution in [0.1, 0.15) is 25.7 Å². The van der Waals surface area contributed by atoms with Crippen molar-refractivity contribution in [2.24, 2.45) is 0 Å². The van der Waals surface area contributed by atoms with Crippen LogP contribution in [0.4, 0.5) is 16.2 Å². The second-order valence-corrected chi connectivity index (χ2v) is 12.1. The first-order chi connectivity index (χ1) is 20.2. The lowest BCUT2D eigenvalue weighted by molar-refractivity contribution is 0.0564. The Kier molecular flexibility index (Phi) is 9.26. The van der Waals surface area contributed by atoms with Crippen molar-refractivity contribution in [3.05, 3.63) is 54.4 Å². The molecule has 0 spiro atoms. The Morgan fingerprint density at radius 2 is 1.74 bits per heavy atom. The number of morpholine rings is 1. The molecule has 14 heteroatoms. The smallest absolute Gasteiger partial charge is 0.322 e. The quantitative estimate of drug-likeness (QED) is 0.381. The van der Waals surface area contributed by atoms with Crippen LogP contribution in [0, 0.1) is 0 Å². The number of anilines is 2. The monoisotopic (exact) mass is 598 g/mol. The summed E-state index contributed by atoms with van der Waals surface area (Å²) >= 11 is 0. The Bertz CT molecular complexity index is 1470. The summed E-state index contributed by atoms with van der Waals surface area (Å²) in [6.07, 6.45) is 0. The zero-order valence-corrected chi connectivity index (χ0v) is 25.0. The molecule has 1 atom stereocenters. The van der Waals surface area contributed by atoms with E-state index in [4.69, 9.17) is 9.47 Å². The number of amides is 2. The first-order valence-corrected chi connectivity index (χ1v) is 15.6. The molecule has 2 saturated heterocycles. The summed E-state index contributed by atoms with van der Waals surface area (Å²) < 4.78 is 42.2. The highest BCUT2D eigenvalue weighted by Crippen LogP contribution is 2.28. The zero-order valence-electron chi connectivity index (χ0n) is 24.2. The molecule has 3 heterocycles. The average molecular weight is 599 g/mol. The molecule has 1 aromatic heterocycles. The van der Waals surface area contributed by atoms with Gasteiger partial charge < -0.3 is 29.5 Å². The number of aromatic nitrogens is 3. The van der Waals surface area contributed by atoms with E-state index in [0.29, 0.717) is 50.1 Å². The molecule has 226 valence electrons. The van der Waals surface area contributed by atoms with Crippen molar-refractivity contribution < 1.29 is 22.7 Å². The van der Waals surface area contributed by atoms with Gasteiger partial charge in [-0.15, -0.1) is 5.10 Å². The fraction of sp³-hybridized carbons (Fsp3) is 0.464. The molecule has 2 aromatic carbocycles. The summed E-state index contributed by atoms with van der Waals surface area (Å²) in [4.78, 5) is 18.8. The number of rotatable bonds is 9. The highest BCUT2D eigenvalue weighted by atomic mass is 32.2. The maximum absolute atomic E-state index is 13.2. The van der Waals surface area contributed by atoms with Crippen molar-refractivity contribution in [1.29, 1.82) is 0 Å². The number of urea groups is 1. The van der Waals surface area contributed by atoms with E-state index in [9.17, 15) is 13.2 Å². The SMILES string of the molecule is CCn1c(Oc2cccc(N3CCN(C)CC3)c2)nnc1[C@@H](C)NS(=O)(=O)c1ccc(NC(=O)N2CCOCC2)cc1. The van der Waals surface area contributed by atoms with Crippen LogP contribution in [0.2, 0.25) is 0 Å². The molecular formula is C28H38N8O5S. The number of nitrogens with zero attached hydrogens (tertiary/aromatic N) is 6. The third kappa shape index (κ3) is 7.01.